The van der Waals surface area contributed by atoms with Crippen LogP contribution in [0.5, 0.6) is 0 Å². The van der Waals surface area contributed by atoms with Gasteiger partial charge in [-0.1, -0.05) is 0 Å². The van der Waals surface area contributed by atoms with Gasteiger partial charge in [-0.15, -0.1) is 0 Å². The molecule has 3 N–H and O–H groups in total. The molecule has 4 rings (SSSR count). The first-order chi connectivity index (χ1) is 13.2. The summed E-state index contributed by atoms with van der Waals surface area (Å²) < 4.78 is 26.8. The number of carboxylic acids is 1. The normalized spacial score (nSPS) is 16.1. The quantitative estimate of drug-likeness (QED) is 0.596. The number of rotatable bonds is 4. The minimum atomic E-state index is -3.49. The van der Waals surface area contributed by atoms with Gasteiger partial charge in [-0.25, -0.2) is 22.7 Å². The van der Waals surface area contributed by atoms with Crippen LogP contribution in [0, 0.1) is 6.92 Å². The zero-order valence-electron chi connectivity index (χ0n) is 14.8. The number of sulfonamides is 1. The second kappa shape index (κ2) is 6.02. The predicted molar refractivity (Wildman–Crippen MR) is 100 cm³/mol. The highest BCUT2D eigenvalue weighted by Gasteiger charge is 2.36. The maximum Gasteiger partial charge on any atom is 0.337 e. The molecule has 0 saturated heterocycles. The molecule has 1 atom stereocenters. The molecule has 3 heterocycles. The van der Waals surface area contributed by atoms with Crippen LogP contribution < -0.4 is 10.0 Å². The third kappa shape index (κ3) is 2.85. The van der Waals surface area contributed by atoms with Crippen molar-refractivity contribution in [2.45, 2.75) is 12.8 Å². The molecule has 0 aliphatic carbocycles. The van der Waals surface area contributed by atoms with Gasteiger partial charge in [0.25, 0.3) is 0 Å². The molecule has 0 saturated carbocycles. The van der Waals surface area contributed by atoms with Gasteiger partial charge in [0.2, 0.25) is 15.9 Å². The molecule has 0 radical (unpaired) electrons. The van der Waals surface area contributed by atoms with E-state index >= 15 is 0 Å². The number of carbonyl (C=O) groups excluding carboxylic acids is 1. The Morgan fingerprint density at radius 1 is 1.36 bits per heavy atom. The first kappa shape index (κ1) is 17.9. The van der Waals surface area contributed by atoms with E-state index in [1.165, 1.54) is 17.0 Å². The van der Waals surface area contributed by atoms with Crippen molar-refractivity contribution < 1.29 is 23.1 Å². The average molecular weight is 401 g/mol. The lowest BCUT2D eigenvalue weighted by Crippen LogP contribution is -2.16. The van der Waals surface area contributed by atoms with E-state index < -0.39 is 21.9 Å². The first-order valence-corrected chi connectivity index (χ1v) is 10.0. The molecule has 1 aliphatic rings. The molecule has 1 aromatic carbocycles. The Morgan fingerprint density at radius 2 is 2.11 bits per heavy atom. The minimum absolute atomic E-state index is 0.0628. The van der Waals surface area contributed by atoms with Crippen LogP contribution in [0.4, 0.5) is 11.4 Å². The van der Waals surface area contributed by atoms with Crippen LogP contribution in [-0.4, -0.2) is 46.3 Å². The summed E-state index contributed by atoms with van der Waals surface area (Å²) in [6, 6.07) is 4.71. The number of hydrogen-bond donors (Lipinski definition) is 3. The lowest BCUT2D eigenvalue weighted by molar-refractivity contribution is -0.116. The van der Waals surface area contributed by atoms with Crippen molar-refractivity contribution in [3.63, 3.8) is 0 Å². The molecular formula is C17H15N5O5S. The van der Waals surface area contributed by atoms with E-state index in [9.17, 15) is 23.1 Å². The van der Waals surface area contributed by atoms with E-state index in [1.54, 1.807) is 25.1 Å². The third-order valence-electron chi connectivity index (χ3n) is 4.54. The molecule has 0 bridgehead atoms. The highest BCUT2D eigenvalue weighted by molar-refractivity contribution is 7.92. The van der Waals surface area contributed by atoms with Crippen LogP contribution in [-0.2, 0) is 14.8 Å². The summed E-state index contributed by atoms with van der Waals surface area (Å²) in [7, 11) is -3.49. The van der Waals surface area contributed by atoms with E-state index in [2.05, 4.69) is 20.1 Å². The van der Waals surface area contributed by atoms with Crippen molar-refractivity contribution in [2.24, 2.45) is 0 Å². The van der Waals surface area contributed by atoms with Gasteiger partial charge >= 0.3 is 5.97 Å². The largest absolute Gasteiger partial charge is 0.478 e. The predicted octanol–water partition coefficient (Wildman–Crippen LogP) is 1.19. The lowest BCUT2D eigenvalue weighted by Gasteiger charge is -2.12. The molecule has 1 unspecified atom stereocenters. The molecule has 10 nitrogen and oxygen atoms in total. The monoisotopic (exact) mass is 401 g/mol. The summed E-state index contributed by atoms with van der Waals surface area (Å²) in [6.07, 6.45) is 3.65. The third-order valence-corrected chi connectivity index (χ3v) is 5.15. The van der Waals surface area contributed by atoms with Crippen molar-refractivity contribution in [2.75, 3.05) is 16.3 Å². The second-order valence-electron chi connectivity index (χ2n) is 6.51. The Morgan fingerprint density at radius 3 is 2.79 bits per heavy atom. The fourth-order valence-electron chi connectivity index (χ4n) is 3.43. The molecule has 11 heteroatoms. The Hall–Kier alpha value is -3.47. The number of fused-ring (bicyclic) bond motifs is 2. The van der Waals surface area contributed by atoms with Crippen LogP contribution >= 0.6 is 0 Å². The second-order valence-corrected chi connectivity index (χ2v) is 8.26. The Labute approximate surface area is 159 Å². The topological polar surface area (TPSA) is 143 Å². The standard InChI is InChI=1S/C17H15N5O5S/c1-8-11(17(24)25)6-22-15(8)14(18-7-19-22)13-10-5-9(21-28(2,26)27)3-4-12(10)20-16(13)23/h3-7,13,21H,1-2H3,(H,20,23)(H,24,25). The highest BCUT2D eigenvalue weighted by Crippen LogP contribution is 2.40. The Balaban J connectivity index is 1.91. The number of carbonyl (C=O) groups is 2. The molecule has 28 heavy (non-hydrogen) atoms. The summed E-state index contributed by atoms with van der Waals surface area (Å²) in [4.78, 5) is 28.4. The van der Waals surface area contributed by atoms with Crippen molar-refractivity contribution in [1.82, 2.24) is 14.6 Å². The van der Waals surface area contributed by atoms with E-state index in [0.29, 0.717) is 33.7 Å². The molecule has 0 fully saturated rings. The first-order valence-electron chi connectivity index (χ1n) is 8.14. The average Bonchev–Trinajstić information content (AvgIpc) is 3.10. The van der Waals surface area contributed by atoms with E-state index in [1.807, 2.05) is 0 Å². The maximum atomic E-state index is 12.7. The van der Waals surface area contributed by atoms with Gasteiger partial charge < -0.3 is 10.4 Å². The molecule has 2 aromatic heterocycles. The van der Waals surface area contributed by atoms with Gasteiger partial charge in [0.05, 0.1) is 23.0 Å². The number of nitrogens with one attached hydrogen (secondary N) is 2. The molecule has 1 amide bonds. The van der Waals surface area contributed by atoms with Crippen molar-refractivity contribution >= 4 is 38.8 Å². The van der Waals surface area contributed by atoms with E-state index in [0.717, 1.165) is 6.26 Å². The van der Waals surface area contributed by atoms with Crippen LogP contribution in [0.3, 0.4) is 0 Å². The number of aromatic nitrogens is 3. The van der Waals surface area contributed by atoms with Crippen LogP contribution in [0.2, 0.25) is 0 Å². The van der Waals surface area contributed by atoms with Gasteiger partial charge in [-0.05, 0) is 36.2 Å². The Bertz CT molecular complexity index is 1260. The van der Waals surface area contributed by atoms with Crippen molar-refractivity contribution in [3.8, 4) is 0 Å². The zero-order valence-corrected chi connectivity index (χ0v) is 15.6. The molecule has 3 aromatic rings. The minimum Gasteiger partial charge on any atom is -0.478 e. The number of nitrogens with zero attached hydrogens (tertiary/aromatic N) is 3. The van der Waals surface area contributed by atoms with Crippen molar-refractivity contribution in [3.05, 3.63) is 53.1 Å². The van der Waals surface area contributed by atoms with E-state index in [4.69, 9.17) is 0 Å². The molecule has 1 aliphatic heterocycles. The smallest absolute Gasteiger partial charge is 0.337 e. The Kier molecular flexibility index (Phi) is 3.85. The lowest BCUT2D eigenvalue weighted by atomic mass is 9.95. The van der Waals surface area contributed by atoms with Gasteiger partial charge in [0.1, 0.15) is 12.2 Å². The number of aryl methyl sites for hydroxylation is 1. The van der Waals surface area contributed by atoms with Crippen LogP contribution in [0.1, 0.15) is 33.1 Å². The molecule has 0 spiro atoms. The number of anilines is 2. The highest BCUT2D eigenvalue weighted by atomic mass is 32.2. The summed E-state index contributed by atoms with van der Waals surface area (Å²) in [6.45, 7) is 1.63. The van der Waals surface area contributed by atoms with Gasteiger partial charge in [-0.3, -0.25) is 9.52 Å². The summed E-state index contributed by atoms with van der Waals surface area (Å²) in [5, 5.41) is 16.2. The number of hydrogen-bond acceptors (Lipinski definition) is 6. The van der Waals surface area contributed by atoms with Gasteiger partial charge in [-0.2, -0.15) is 5.10 Å². The van der Waals surface area contributed by atoms with Crippen molar-refractivity contribution in [1.29, 1.82) is 0 Å². The van der Waals surface area contributed by atoms with E-state index in [-0.39, 0.29) is 11.5 Å². The van der Waals surface area contributed by atoms with Crippen LogP contribution in [0.15, 0.2) is 30.7 Å². The summed E-state index contributed by atoms with van der Waals surface area (Å²) >= 11 is 0. The summed E-state index contributed by atoms with van der Waals surface area (Å²) in [5.74, 6) is -2.29. The number of amides is 1. The summed E-state index contributed by atoms with van der Waals surface area (Å²) in [5.41, 5.74) is 2.65. The molecule has 144 valence electrons. The fraction of sp³-hybridized carbons (Fsp3) is 0.176. The van der Waals surface area contributed by atoms with Gasteiger partial charge in [0.15, 0.2) is 0 Å². The van der Waals surface area contributed by atoms with Gasteiger partial charge in [0, 0.05) is 17.6 Å². The molecular weight excluding hydrogens is 386 g/mol. The zero-order chi connectivity index (χ0) is 20.2. The number of benzene rings is 1. The maximum absolute atomic E-state index is 12.7. The number of aromatic carboxylic acids is 1. The SMILES string of the molecule is Cc1c(C(=O)O)cn2ncnc(C3C(=O)Nc4ccc(NS(C)(=O)=O)cc43)c12. The fourth-order valence-corrected chi connectivity index (χ4v) is 3.98. The van der Waals surface area contributed by atoms with Crippen LogP contribution in [0.25, 0.3) is 5.52 Å². The number of carboxylic acid groups (broad SMARTS) is 1.